The van der Waals surface area contributed by atoms with Gasteiger partial charge in [0.05, 0.1) is 21.5 Å². The zero-order valence-corrected chi connectivity index (χ0v) is 14.1. The predicted octanol–water partition coefficient (Wildman–Crippen LogP) is 4.85. The van der Waals surface area contributed by atoms with Crippen molar-refractivity contribution in [3.63, 3.8) is 0 Å². The lowest BCUT2D eigenvalue weighted by Gasteiger charge is -2.10. The quantitative estimate of drug-likeness (QED) is 0.384. The van der Waals surface area contributed by atoms with Gasteiger partial charge in [0.2, 0.25) is 0 Å². The van der Waals surface area contributed by atoms with E-state index in [0.717, 1.165) is 17.5 Å². The summed E-state index contributed by atoms with van der Waals surface area (Å²) in [4.78, 5) is 15.8. The lowest BCUT2D eigenvalue weighted by Crippen LogP contribution is -2.05. The first-order valence-corrected chi connectivity index (χ1v) is 8.47. The normalized spacial score (nSPS) is 10.9. The number of hydrogen-bond donors (Lipinski definition) is 0. The highest BCUT2D eigenvalue weighted by Crippen LogP contribution is 2.31. The third-order valence-electron chi connectivity index (χ3n) is 4.46. The fourth-order valence-corrected chi connectivity index (χ4v) is 3.21. The van der Waals surface area contributed by atoms with Crippen molar-refractivity contribution in [2.24, 2.45) is 0 Å². The highest BCUT2D eigenvalue weighted by atomic mass is 16.6. The third-order valence-corrected chi connectivity index (χ3v) is 4.46. The molecule has 26 heavy (non-hydrogen) atoms. The van der Waals surface area contributed by atoms with Crippen molar-refractivity contribution in [2.45, 2.75) is 13.0 Å². The van der Waals surface area contributed by atoms with Crippen LogP contribution in [0.3, 0.4) is 0 Å². The number of benzene rings is 3. The smallest absolute Gasteiger partial charge is 0.280 e. The van der Waals surface area contributed by atoms with Gasteiger partial charge in [-0.15, -0.1) is 0 Å². The Bertz CT molecular complexity index is 1070. The monoisotopic (exact) mass is 343 g/mol. The first-order valence-electron chi connectivity index (χ1n) is 8.47. The van der Waals surface area contributed by atoms with Crippen LogP contribution in [0.15, 0.2) is 78.9 Å². The van der Waals surface area contributed by atoms with Crippen LogP contribution in [-0.4, -0.2) is 14.5 Å². The Morgan fingerprint density at radius 3 is 2.38 bits per heavy atom. The summed E-state index contributed by atoms with van der Waals surface area (Å²) in [6.45, 7) is 0.700. The second-order valence-corrected chi connectivity index (χ2v) is 6.09. The van der Waals surface area contributed by atoms with Gasteiger partial charge in [-0.2, -0.15) is 0 Å². The molecule has 4 aromatic rings. The van der Waals surface area contributed by atoms with Crippen molar-refractivity contribution in [3.05, 3.63) is 94.5 Å². The number of aromatic nitrogens is 2. The molecule has 3 aromatic carbocycles. The summed E-state index contributed by atoms with van der Waals surface area (Å²) in [5.74, 6) is 0.634. The van der Waals surface area contributed by atoms with E-state index in [4.69, 9.17) is 4.98 Å². The summed E-state index contributed by atoms with van der Waals surface area (Å²) in [6.07, 6.45) is 0.828. The topological polar surface area (TPSA) is 61.0 Å². The molecule has 128 valence electrons. The number of fused-ring (bicyclic) bond motifs is 1. The molecule has 5 nitrogen and oxygen atoms in total. The average molecular weight is 343 g/mol. The second kappa shape index (κ2) is 6.80. The van der Waals surface area contributed by atoms with E-state index >= 15 is 0 Å². The van der Waals surface area contributed by atoms with E-state index in [1.165, 1.54) is 11.6 Å². The molecule has 1 aromatic heterocycles. The van der Waals surface area contributed by atoms with Gasteiger partial charge in [-0.1, -0.05) is 54.6 Å². The molecule has 0 radical (unpaired) electrons. The van der Waals surface area contributed by atoms with Crippen LogP contribution in [0.1, 0.15) is 5.56 Å². The summed E-state index contributed by atoms with van der Waals surface area (Å²) in [7, 11) is 0. The van der Waals surface area contributed by atoms with Crippen LogP contribution in [0.5, 0.6) is 0 Å². The predicted molar refractivity (Wildman–Crippen MR) is 102 cm³/mol. The molecule has 0 aliphatic heterocycles. The maximum atomic E-state index is 11.5. The lowest BCUT2D eigenvalue weighted by atomic mass is 10.1. The van der Waals surface area contributed by atoms with Crippen LogP contribution in [-0.2, 0) is 13.0 Å². The highest BCUT2D eigenvalue weighted by Gasteiger charge is 2.20. The Morgan fingerprint density at radius 1 is 0.885 bits per heavy atom. The molecular formula is C21H17N3O2. The number of nitrogens with zero attached hydrogens (tertiary/aromatic N) is 3. The molecule has 0 saturated heterocycles. The minimum Gasteiger partial charge on any atom is -0.323 e. The van der Waals surface area contributed by atoms with Gasteiger partial charge < -0.3 is 4.57 Å². The molecule has 0 saturated carbocycles. The molecule has 0 fully saturated rings. The maximum absolute atomic E-state index is 11.5. The van der Waals surface area contributed by atoms with E-state index in [9.17, 15) is 10.1 Å². The van der Waals surface area contributed by atoms with Crippen LogP contribution in [0.25, 0.3) is 22.4 Å². The summed E-state index contributed by atoms with van der Waals surface area (Å²) in [6, 6.07) is 24.8. The van der Waals surface area contributed by atoms with Crippen molar-refractivity contribution in [1.29, 1.82) is 0 Å². The molecule has 0 amide bonds. The van der Waals surface area contributed by atoms with Gasteiger partial charge in [0.15, 0.2) is 0 Å². The number of nitro groups is 1. The van der Waals surface area contributed by atoms with Crippen molar-refractivity contribution < 1.29 is 4.92 Å². The van der Waals surface area contributed by atoms with E-state index in [2.05, 4.69) is 16.7 Å². The van der Waals surface area contributed by atoms with E-state index in [1.54, 1.807) is 12.1 Å². The van der Waals surface area contributed by atoms with Crippen LogP contribution >= 0.6 is 0 Å². The number of hydrogen-bond acceptors (Lipinski definition) is 3. The first-order chi connectivity index (χ1) is 12.7. The summed E-state index contributed by atoms with van der Waals surface area (Å²) >= 11 is 0. The standard InChI is InChI=1S/C21H17N3O2/c25-24(26)19-12-6-4-10-17(19)21-22-18-11-5-7-13-20(18)23(21)15-14-16-8-2-1-3-9-16/h1-13H,14-15H2. The largest absolute Gasteiger partial charge is 0.323 e. The van der Waals surface area contributed by atoms with Crippen molar-refractivity contribution in [2.75, 3.05) is 0 Å². The fourth-order valence-electron chi connectivity index (χ4n) is 3.21. The average Bonchev–Trinajstić information content (AvgIpc) is 3.05. The van der Waals surface area contributed by atoms with Gasteiger partial charge in [-0.3, -0.25) is 10.1 Å². The van der Waals surface area contributed by atoms with E-state index in [1.807, 2.05) is 48.5 Å². The molecule has 0 atom stereocenters. The summed E-state index contributed by atoms with van der Waals surface area (Å²) < 4.78 is 2.07. The number of nitro benzene ring substituents is 1. The molecule has 0 N–H and O–H groups in total. The number of rotatable bonds is 5. The fraction of sp³-hybridized carbons (Fsp3) is 0.0952. The zero-order chi connectivity index (χ0) is 17.9. The molecule has 0 unspecified atom stereocenters. The van der Waals surface area contributed by atoms with E-state index in [-0.39, 0.29) is 10.6 Å². The van der Waals surface area contributed by atoms with Crippen molar-refractivity contribution >= 4 is 16.7 Å². The second-order valence-electron chi connectivity index (χ2n) is 6.09. The van der Waals surface area contributed by atoms with Crippen LogP contribution in [0.4, 0.5) is 5.69 Å². The molecule has 0 spiro atoms. The Kier molecular flexibility index (Phi) is 4.19. The SMILES string of the molecule is O=[N+]([O-])c1ccccc1-c1nc2ccccc2n1CCc1ccccc1. The Morgan fingerprint density at radius 2 is 1.58 bits per heavy atom. The molecule has 4 rings (SSSR count). The van der Waals surface area contributed by atoms with Crippen LogP contribution in [0.2, 0.25) is 0 Å². The van der Waals surface area contributed by atoms with E-state index in [0.29, 0.717) is 17.9 Å². The molecule has 1 heterocycles. The van der Waals surface area contributed by atoms with Gasteiger partial charge in [-0.25, -0.2) is 4.98 Å². The van der Waals surface area contributed by atoms with Crippen LogP contribution < -0.4 is 0 Å². The van der Waals surface area contributed by atoms with E-state index < -0.39 is 0 Å². The van der Waals surface area contributed by atoms with Gasteiger partial charge in [0.25, 0.3) is 5.69 Å². The minimum atomic E-state index is -0.351. The van der Waals surface area contributed by atoms with Crippen molar-refractivity contribution in [3.8, 4) is 11.4 Å². The maximum Gasteiger partial charge on any atom is 0.280 e. The lowest BCUT2D eigenvalue weighted by molar-refractivity contribution is -0.384. The third kappa shape index (κ3) is 2.95. The number of aryl methyl sites for hydroxylation is 2. The summed E-state index contributed by atoms with van der Waals surface area (Å²) in [5.41, 5.74) is 3.66. The van der Waals surface area contributed by atoms with Crippen LogP contribution in [0, 0.1) is 10.1 Å². The molecule has 0 aliphatic carbocycles. The van der Waals surface area contributed by atoms with Crippen molar-refractivity contribution in [1.82, 2.24) is 9.55 Å². The molecule has 5 heteroatoms. The number of imidazole rings is 1. The van der Waals surface area contributed by atoms with Gasteiger partial charge >= 0.3 is 0 Å². The Labute approximate surface area is 150 Å². The summed E-state index contributed by atoms with van der Waals surface area (Å²) in [5, 5.41) is 11.5. The molecule has 0 aliphatic rings. The van der Waals surface area contributed by atoms with Gasteiger partial charge in [0, 0.05) is 12.6 Å². The highest BCUT2D eigenvalue weighted by molar-refractivity contribution is 5.82. The molecule has 0 bridgehead atoms. The van der Waals surface area contributed by atoms with Gasteiger partial charge in [0.1, 0.15) is 5.82 Å². The zero-order valence-electron chi connectivity index (χ0n) is 14.1. The molecular weight excluding hydrogens is 326 g/mol. The minimum absolute atomic E-state index is 0.0729. The first kappa shape index (κ1) is 16.0. The van der Waals surface area contributed by atoms with Gasteiger partial charge in [-0.05, 0) is 30.2 Å². The Hall–Kier alpha value is -3.47. The Balaban J connectivity index is 1.83. The number of para-hydroxylation sites is 3.